The molecule has 106 valence electrons. The fraction of sp³-hybridized carbons (Fsp3) is 1.00. The van der Waals surface area contributed by atoms with E-state index in [1.54, 1.807) is 0 Å². The summed E-state index contributed by atoms with van der Waals surface area (Å²) in [5.74, 6) is 0. The van der Waals surface area contributed by atoms with Gasteiger partial charge in [0.05, 0.1) is 6.10 Å². The van der Waals surface area contributed by atoms with Crippen molar-refractivity contribution in [2.45, 2.75) is 83.8 Å². The van der Waals surface area contributed by atoms with Crippen molar-refractivity contribution >= 4 is 0 Å². The van der Waals surface area contributed by atoms with Crippen molar-refractivity contribution in [3.63, 3.8) is 0 Å². The quantitative estimate of drug-likeness (QED) is 0.663. The van der Waals surface area contributed by atoms with Gasteiger partial charge in [0.25, 0.3) is 0 Å². The van der Waals surface area contributed by atoms with E-state index < -0.39 is 0 Å². The van der Waals surface area contributed by atoms with Gasteiger partial charge in [0.2, 0.25) is 0 Å². The van der Waals surface area contributed by atoms with Gasteiger partial charge in [-0.1, -0.05) is 46.0 Å². The Hall–Kier alpha value is -0.0800. The van der Waals surface area contributed by atoms with Gasteiger partial charge in [-0.2, -0.15) is 0 Å². The van der Waals surface area contributed by atoms with E-state index in [-0.39, 0.29) is 0 Å². The van der Waals surface area contributed by atoms with Crippen LogP contribution in [0.2, 0.25) is 0 Å². The fourth-order valence-electron chi connectivity index (χ4n) is 3.97. The predicted molar refractivity (Wildman–Crippen MR) is 76.9 cm³/mol. The molecule has 2 atom stereocenters. The van der Waals surface area contributed by atoms with Crippen molar-refractivity contribution in [3.05, 3.63) is 0 Å². The molecule has 0 bridgehead atoms. The van der Waals surface area contributed by atoms with Crippen LogP contribution in [0.4, 0.5) is 0 Å². The summed E-state index contributed by atoms with van der Waals surface area (Å²) < 4.78 is 6.20. The van der Waals surface area contributed by atoms with E-state index in [0.29, 0.717) is 11.5 Å². The van der Waals surface area contributed by atoms with Crippen molar-refractivity contribution in [1.82, 2.24) is 5.32 Å². The fourth-order valence-corrected chi connectivity index (χ4v) is 3.97. The second-order valence-electron chi connectivity index (χ2n) is 6.21. The SMILES string of the molecule is CCCCCCOC1CC(NCC)C12CCCC2. The number of nitrogens with one attached hydrogen (secondary N) is 1. The van der Waals surface area contributed by atoms with Crippen LogP contribution >= 0.6 is 0 Å². The van der Waals surface area contributed by atoms with Crippen LogP contribution in [-0.2, 0) is 4.74 Å². The molecule has 0 radical (unpaired) electrons. The molecule has 0 aliphatic heterocycles. The summed E-state index contributed by atoms with van der Waals surface area (Å²) in [6.07, 6.45) is 12.7. The summed E-state index contributed by atoms with van der Waals surface area (Å²) in [7, 11) is 0. The zero-order valence-electron chi connectivity index (χ0n) is 12.3. The Bertz CT molecular complexity index is 235. The lowest BCUT2D eigenvalue weighted by Crippen LogP contribution is -2.62. The molecule has 1 N–H and O–H groups in total. The molecule has 0 aromatic rings. The maximum atomic E-state index is 6.20. The Morgan fingerprint density at radius 3 is 2.56 bits per heavy atom. The van der Waals surface area contributed by atoms with Crippen LogP contribution in [0.1, 0.15) is 71.6 Å². The molecule has 2 saturated carbocycles. The molecule has 0 saturated heterocycles. The second-order valence-corrected chi connectivity index (χ2v) is 6.21. The van der Waals surface area contributed by atoms with Gasteiger partial charge in [0.15, 0.2) is 0 Å². The molecular formula is C16H31NO. The van der Waals surface area contributed by atoms with Crippen molar-refractivity contribution in [3.8, 4) is 0 Å². The Morgan fingerprint density at radius 2 is 1.89 bits per heavy atom. The first kappa shape index (κ1) is 14.3. The lowest BCUT2D eigenvalue weighted by Gasteiger charge is -2.54. The molecule has 0 amide bonds. The topological polar surface area (TPSA) is 21.3 Å². The van der Waals surface area contributed by atoms with Crippen LogP contribution < -0.4 is 5.32 Å². The third-order valence-corrected chi connectivity index (χ3v) is 5.09. The molecule has 2 fully saturated rings. The third-order valence-electron chi connectivity index (χ3n) is 5.09. The van der Waals surface area contributed by atoms with Crippen LogP contribution in [-0.4, -0.2) is 25.3 Å². The standard InChI is InChI=1S/C16H31NO/c1-3-5-6-9-12-18-15-13-14(17-4-2)16(15)10-7-8-11-16/h14-15,17H,3-13H2,1-2H3. The van der Waals surface area contributed by atoms with Crippen molar-refractivity contribution in [1.29, 1.82) is 0 Å². The van der Waals surface area contributed by atoms with E-state index in [9.17, 15) is 0 Å². The van der Waals surface area contributed by atoms with Crippen molar-refractivity contribution in [2.75, 3.05) is 13.2 Å². The largest absolute Gasteiger partial charge is 0.378 e. The van der Waals surface area contributed by atoms with E-state index >= 15 is 0 Å². The molecule has 2 heteroatoms. The minimum absolute atomic E-state index is 0.515. The Balaban J connectivity index is 1.72. The van der Waals surface area contributed by atoms with Crippen molar-refractivity contribution in [2.24, 2.45) is 5.41 Å². The summed E-state index contributed by atoms with van der Waals surface area (Å²) in [5.41, 5.74) is 0.515. The summed E-state index contributed by atoms with van der Waals surface area (Å²) in [5, 5.41) is 3.68. The maximum Gasteiger partial charge on any atom is 0.0661 e. The monoisotopic (exact) mass is 253 g/mol. The number of unbranched alkanes of at least 4 members (excludes halogenated alkanes) is 3. The molecule has 0 aromatic carbocycles. The molecule has 2 aliphatic carbocycles. The highest BCUT2D eigenvalue weighted by atomic mass is 16.5. The normalized spacial score (nSPS) is 29.7. The van der Waals surface area contributed by atoms with Crippen LogP contribution in [0.25, 0.3) is 0 Å². The average Bonchev–Trinajstić information content (AvgIpc) is 2.88. The molecule has 0 heterocycles. The van der Waals surface area contributed by atoms with E-state index in [4.69, 9.17) is 4.74 Å². The molecule has 2 nitrogen and oxygen atoms in total. The smallest absolute Gasteiger partial charge is 0.0661 e. The predicted octanol–water partition coefficient (Wildman–Crippen LogP) is 3.89. The minimum atomic E-state index is 0.515. The summed E-state index contributed by atoms with van der Waals surface area (Å²) >= 11 is 0. The summed E-state index contributed by atoms with van der Waals surface area (Å²) in [6.45, 7) is 6.59. The first-order valence-electron chi connectivity index (χ1n) is 8.18. The van der Waals surface area contributed by atoms with Crippen LogP contribution in [0, 0.1) is 5.41 Å². The highest BCUT2D eigenvalue weighted by Crippen LogP contribution is 2.54. The van der Waals surface area contributed by atoms with Crippen LogP contribution in [0.15, 0.2) is 0 Å². The van der Waals surface area contributed by atoms with Gasteiger partial charge < -0.3 is 10.1 Å². The van der Waals surface area contributed by atoms with Crippen LogP contribution in [0.5, 0.6) is 0 Å². The van der Waals surface area contributed by atoms with E-state index in [1.165, 1.54) is 57.8 Å². The minimum Gasteiger partial charge on any atom is -0.378 e. The van der Waals surface area contributed by atoms with Crippen molar-refractivity contribution < 1.29 is 4.74 Å². The van der Waals surface area contributed by atoms with E-state index in [1.807, 2.05) is 0 Å². The molecule has 18 heavy (non-hydrogen) atoms. The molecule has 2 aliphatic rings. The summed E-state index contributed by atoms with van der Waals surface area (Å²) in [6, 6.07) is 0.741. The first-order chi connectivity index (χ1) is 8.83. The van der Waals surface area contributed by atoms with Gasteiger partial charge in [-0.3, -0.25) is 0 Å². The molecule has 2 unspecified atom stereocenters. The molecule has 0 aromatic heterocycles. The van der Waals surface area contributed by atoms with Crippen LogP contribution in [0.3, 0.4) is 0 Å². The van der Waals surface area contributed by atoms with Gasteiger partial charge in [-0.15, -0.1) is 0 Å². The highest BCUT2D eigenvalue weighted by Gasteiger charge is 2.56. The highest BCUT2D eigenvalue weighted by molar-refractivity contribution is 5.09. The maximum absolute atomic E-state index is 6.20. The summed E-state index contributed by atoms with van der Waals surface area (Å²) in [4.78, 5) is 0. The average molecular weight is 253 g/mol. The number of ether oxygens (including phenoxy) is 1. The van der Waals surface area contributed by atoms with Gasteiger partial charge in [0.1, 0.15) is 0 Å². The third kappa shape index (κ3) is 2.91. The Morgan fingerprint density at radius 1 is 1.11 bits per heavy atom. The van der Waals surface area contributed by atoms with E-state index in [0.717, 1.165) is 19.2 Å². The van der Waals surface area contributed by atoms with Gasteiger partial charge in [-0.25, -0.2) is 0 Å². The zero-order valence-corrected chi connectivity index (χ0v) is 12.3. The van der Waals surface area contributed by atoms with Gasteiger partial charge >= 0.3 is 0 Å². The van der Waals surface area contributed by atoms with Gasteiger partial charge in [-0.05, 0) is 32.2 Å². The second kappa shape index (κ2) is 6.91. The van der Waals surface area contributed by atoms with Gasteiger partial charge in [0, 0.05) is 18.1 Å². The molecule has 2 rings (SSSR count). The lowest BCUT2D eigenvalue weighted by atomic mass is 9.60. The first-order valence-corrected chi connectivity index (χ1v) is 8.18. The Kier molecular flexibility index (Phi) is 5.50. The molecule has 1 spiro atoms. The molecular weight excluding hydrogens is 222 g/mol. The Labute approximate surface area is 113 Å². The number of rotatable bonds is 8. The number of hydrogen-bond donors (Lipinski definition) is 1. The number of hydrogen-bond acceptors (Lipinski definition) is 2. The lowest BCUT2D eigenvalue weighted by molar-refractivity contribution is -0.133. The van der Waals surface area contributed by atoms with E-state index in [2.05, 4.69) is 19.2 Å². The zero-order chi connectivity index (χ0) is 12.8.